The Morgan fingerprint density at radius 2 is 2.10 bits per heavy atom. The molecule has 0 atom stereocenters. The maximum absolute atomic E-state index is 5.77. The Bertz CT molecular complexity index is 561. The van der Waals surface area contributed by atoms with Crippen LogP contribution in [-0.4, -0.2) is 24.7 Å². The van der Waals surface area contributed by atoms with Gasteiger partial charge in [-0.1, -0.05) is 24.7 Å². The van der Waals surface area contributed by atoms with E-state index in [1.807, 2.05) is 6.07 Å². The van der Waals surface area contributed by atoms with Crippen LogP contribution in [0.3, 0.4) is 0 Å². The van der Waals surface area contributed by atoms with Crippen LogP contribution in [0.5, 0.6) is 5.75 Å². The Morgan fingerprint density at radius 1 is 1.25 bits per heavy atom. The summed E-state index contributed by atoms with van der Waals surface area (Å²) in [5.41, 5.74) is 1.10. The number of anilines is 1. The Morgan fingerprint density at radius 3 is 2.90 bits per heavy atom. The largest absolute Gasteiger partial charge is 0.494 e. The molecule has 0 bridgehead atoms. The second kappa shape index (κ2) is 6.44. The van der Waals surface area contributed by atoms with Gasteiger partial charge < -0.3 is 9.64 Å². The monoisotopic (exact) mass is 290 g/mol. The van der Waals surface area contributed by atoms with Gasteiger partial charge in [-0.3, -0.25) is 0 Å². The number of thiazole rings is 1. The lowest BCUT2D eigenvalue weighted by molar-refractivity contribution is 0.310. The normalized spacial score (nSPS) is 15.8. The third kappa shape index (κ3) is 3.06. The van der Waals surface area contributed by atoms with E-state index in [2.05, 4.69) is 24.0 Å². The van der Waals surface area contributed by atoms with Crippen molar-refractivity contribution in [1.82, 2.24) is 4.98 Å². The molecule has 1 fully saturated rings. The summed E-state index contributed by atoms with van der Waals surface area (Å²) in [6.07, 6.45) is 6.22. The molecule has 0 spiro atoms. The van der Waals surface area contributed by atoms with Crippen LogP contribution >= 0.6 is 11.3 Å². The minimum absolute atomic E-state index is 0.805. The first-order valence-electron chi connectivity index (χ1n) is 7.65. The van der Waals surface area contributed by atoms with E-state index in [1.54, 1.807) is 11.3 Å². The number of benzene rings is 1. The van der Waals surface area contributed by atoms with Crippen LogP contribution in [-0.2, 0) is 0 Å². The third-order valence-corrected chi connectivity index (χ3v) is 4.82. The van der Waals surface area contributed by atoms with E-state index in [0.717, 1.165) is 37.4 Å². The summed E-state index contributed by atoms with van der Waals surface area (Å²) < 4.78 is 7.01. The first kappa shape index (κ1) is 13.7. The van der Waals surface area contributed by atoms with E-state index in [4.69, 9.17) is 9.72 Å². The van der Waals surface area contributed by atoms with E-state index in [0.29, 0.717) is 0 Å². The fraction of sp³-hybridized carbons (Fsp3) is 0.562. The van der Waals surface area contributed by atoms with Crippen LogP contribution in [0.4, 0.5) is 5.13 Å². The first-order valence-corrected chi connectivity index (χ1v) is 8.47. The summed E-state index contributed by atoms with van der Waals surface area (Å²) in [4.78, 5) is 7.19. The number of aromatic nitrogens is 1. The summed E-state index contributed by atoms with van der Waals surface area (Å²) in [7, 11) is 0. The van der Waals surface area contributed by atoms with Gasteiger partial charge in [0.15, 0.2) is 5.13 Å². The van der Waals surface area contributed by atoms with Crippen LogP contribution in [0.25, 0.3) is 10.2 Å². The van der Waals surface area contributed by atoms with Crippen LogP contribution in [0.1, 0.15) is 39.0 Å². The molecule has 1 aromatic carbocycles. The van der Waals surface area contributed by atoms with Gasteiger partial charge in [0.2, 0.25) is 0 Å². The molecule has 1 aliphatic heterocycles. The third-order valence-electron chi connectivity index (χ3n) is 3.74. The number of piperidine rings is 1. The summed E-state index contributed by atoms with van der Waals surface area (Å²) >= 11 is 1.79. The lowest BCUT2D eigenvalue weighted by Gasteiger charge is -2.25. The fourth-order valence-electron chi connectivity index (χ4n) is 2.54. The van der Waals surface area contributed by atoms with Crippen LogP contribution in [0.15, 0.2) is 18.2 Å². The number of ether oxygens (including phenoxy) is 1. The average Bonchev–Trinajstić information content (AvgIpc) is 2.92. The van der Waals surface area contributed by atoms with Crippen LogP contribution in [0, 0.1) is 0 Å². The van der Waals surface area contributed by atoms with Crippen molar-refractivity contribution in [2.75, 3.05) is 24.6 Å². The predicted molar refractivity (Wildman–Crippen MR) is 86.1 cm³/mol. The zero-order valence-corrected chi connectivity index (χ0v) is 12.9. The molecule has 2 aromatic rings. The molecule has 1 saturated heterocycles. The topological polar surface area (TPSA) is 25.4 Å². The molecule has 0 aliphatic carbocycles. The minimum atomic E-state index is 0.805. The van der Waals surface area contributed by atoms with E-state index in [1.165, 1.54) is 35.5 Å². The van der Waals surface area contributed by atoms with Crippen molar-refractivity contribution < 1.29 is 4.74 Å². The van der Waals surface area contributed by atoms with Crippen molar-refractivity contribution in [2.45, 2.75) is 39.0 Å². The maximum atomic E-state index is 5.77. The van der Waals surface area contributed by atoms with Crippen molar-refractivity contribution in [3.8, 4) is 5.75 Å². The van der Waals surface area contributed by atoms with E-state index >= 15 is 0 Å². The summed E-state index contributed by atoms with van der Waals surface area (Å²) in [5, 5.41) is 1.17. The predicted octanol–water partition coefficient (Wildman–Crippen LogP) is 4.47. The van der Waals surface area contributed by atoms with E-state index in [-0.39, 0.29) is 0 Å². The highest BCUT2D eigenvalue weighted by atomic mass is 32.1. The molecule has 108 valence electrons. The van der Waals surface area contributed by atoms with Crippen molar-refractivity contribution >= 4 is 26.7 Å². The van der Waals surface area contributed by atoms with Gasteiger partial charge in [0.25, 0.3) is 0 Å². The molecule has 0 saturated carbocycles. The average molecular weight is 290 g/mol. The second-order valence-electron chi connectivity index (χ2n) is 5.38. The molecule has 1 aromatic heterocycles. The van der Waals surface area contributed by atoms with Crippen molar-refractivity contribution in [2.24, 2.45) is 0 Å². The standard InChI is InChI=1S/C16H22N2OS/c1-2-3-11-19-13-7-8-14-15(12-13)20-16(17-14)18-9-5-4-6-10-18/h7-8,12H,2-6,9-11H2,1H3. The molecular formula is C16H22N2OS. The van der Waals surface area contributed by atoms with E-state index < -0.39 is 0 Å². The maximum Gasteiger partial charge on any atom is 0.186 e. The highest BCUT2D eigenvalue weighted by Crippen LogP contribution is 2.32. The SMILES string of the molecule is CCCCOc1ccc2nc(N3CCCCC3)sc2c1. The van der Waals surface area contributed by atoms with Gasteiger partial charge in [-0.25, -0.2) is 4.98 Å². The lowest BCUT2D eigenvalue weighted by atomic mass is 10.1. The molecule has 2 heterocycles. The first-order chi connectivity index (χ1) is 9.86. The summed E-state index contributed by atoms with van der Waals surface area (Å²) in [6, 6.07) is 6.26. The highest BCUT2D eigenvalue weighted by molar-refractivity contribution is 7.22. The van der Waals surface area contributed by atoms with Crippen molar-refractivity contribution in [3.63, 3.8) is 0 Å². The molecule has 1 aliphatic rings. The molecule has 0 N–H and O–H groups in total. The molecule has 4 heteroatoms. The fourth-order valence-corrected chi connectivity index (χ4v) is 3.58. The van der Waals surface area contributed by atoms with Crippen molar-refractivity contribution in [1.29, 1.82) is 0 Å². The Balaban J connectivity index is 1.76. The van der Waals surface area contributed by atoms with Gasteiger partial charge >= 0.3 is 0 Å². The molecule has 20 heavy (non-hydrogen) atoms. The van der Waals surface area contributed by atoms with Gasteiger partial charge in [0, 0.05) is 13.1 Å². The number of hydrogen-bond acceptors (Lipinski definition) is 4. The Hall–Kier alpha value is -1.29. The van der Waals surface area contributed by atoms with E-state index in [9.17, 15) is 0 Å². The number of unbranched alkanes of at least 4 members (excludes halogenated alkanes) is 1. The highest BCUT2D eigenvalue weighted by Gasteiger charge is 2.15. The van der Waals surface area contributed by atoms with Gasteiger partial charge in [0.1, 0.15) is 5.75 Å². The number of hydrogen-bond donors (Lipinski definition) is 0. The quantitative estimate of drug-likeness (QED) is 0.760. The number of nitrogens with zero attached hydrogens (tertiary/aromatic N) is 2. The smallest absolute Gasteiger partial charge is 0.186 e. The van der Waals surface area contributed by atoms with Gasteiger partial charge in [-0.15, -0.1) is 0 Å². The number of rotatable bonds is 5. The molecular weight excluding hydrogens is 268 g/mol. The molecule has 0 amide bonds. The zero-order valence-electron chi connectivity index (χ0n) is 12.1. The Labute approximate surface area is 124 Å². The van der Waals surface area contributed by atoms with Gasteiger partial charge in [-0.2, -0.15) is 0 Å². The summed E-state index contributed by atoms with van der Waals surface area (Å²) in [6.45, 7) is 5.29. The minimum Gasteiger partial charge on any atom is -0.494 e. The Kier molecular flexibility index (Phi) is 4.41. The zero-order chi connectivity index (χ0) is 13.8. The van der Waals surface area contributed by atoms with Crippen molar-refractivity contribution in [3.05, 3.63) is 18.2 Å². The summed E-state index contributed by atoms with van der Waals surface area (Å²) in [5.74, 6) is 0.972. The molecule has 0 radical (unpaired) electrons. The van der Waals surface area contributed by atoms with Crippen LogP contribution in [0.2, 0.25) is 0 Å². The van der Waals surface area contributed by atoms with Gasteiger partial charge in [0.05, 0.1) is 16.8 Å². The van der Waals surface area contributed by atoms with Gasteiger partial charge in [-0.05, 0) is 43.9 Å². The van der Waals surface area contributed by atoms with Crippen LogP contribution < -0.4 is 9.64 Å². The lowest BCUT2D eigenvalue weighted by Crippen LogP contribution is -2.29. The molecule has 3 nitrogen and oxygen atoms in total. The molecule has 0 unspecified atom stereocenters. The number of fused-ring (bicyclic) bond motifs is 1. The molecule has 3 rings (SSSR count). The second-order valence-corrected chi connectivity index (χ2v) is 6.38.